The van der Waals surface area contributed by atoms with Crippen LogP contribution < -0.4 is 5.32 Å². The Morgan fingerprint density at radius 2 is 2.16 bits per heavy atom. The van der Waals surface area contributed by atoms with Crippen LogP contribution in [0.5, 0.6) is 0 Å². The van der Waals surface area contributed by atoms with E-state index in [4.69, 9.17) is 11.6 Å². The average Bonchev–Trinajstić information content (AvgIpc) is 2.54. The minimum absolute atomic E-state index is 0.0103. The zero-order valence-corrected chi connectivity index (χ0v) is 14.9. The number of pyridine rings is 1. The number of nitrogens with one attached hydrogen (secondary N) is 1. The molecule has 1 heterocycles. The van der Waals surface area contributed by atoms with Crippen LogP contribution in [0.15, 0.2) is 29.3 Å². The van der Waals surface area contributed by atoms with E-state index in [0.29, 0.717) is 10.6 Å². The van der Waals surface area contributed by atoms with Gasteiger partial charge in [-0.1, -0.05) is 23.4 Å². The summed E-state index contributed by atoms with van der Waals surface area (Å²) in [6.45, 7) is 3.61. The van der Waals surface area contributed by atoms with Crippen molar-refractivity contribution in [2.45, 2.75) is 18.9 Å². The van der Waals surface area contributed by atoms with Crippen LogP contribution >= 0.6 is 23.4 Å². The van der Waals surface area contributed by atoms with Crippen molar-refractivity contribution in [2.75, 3.05) is 11.1 Å². The number of hydrogen-bond donors (Lipinski definition) is 1. The number of nitriles is 1. The first kappa shape index (κ1) is 18.7. The van der Waals surface area contributed by atoms with E-state index < -0.39 is 10.8 Å². The Hall–Kier alpha value is -2.63. The molecule has 0 fully saturated rings. The molecule has 0 saturated heterocycles. The molecule has 0 atom stereocenters. The summed E-state index contributed by atoms with van der Waals surface area (Å²) in [5.41, 5.74) is 1.96. The molecule has 7 nitrogen and oxygen atoms in total. The van der Waals surface area contributed by atoms with Gasteiger partial charge in [-0.2, -0.15) is 5.26 Å². The maximum Gasteiger partial charge on any atom is 0.271 e. The van der Waals surface area contributed by atoms with Crippen molar-refractivity contribution in [1.29, 1.82) is 5.26 Å². The van der Waals surface area contributed by atoms with Crippen molar-refractivity contribution < 1.29 is 9.72 Å². The molecule has 0 aliphatic rings. The first-order valence-electron chi connectivity index (χ1n) is 7.06. The van der Waals surface area contributed by atoms with E-state index in [9.17, 15) is 20.2 Å². The van der Waals surface area contributed by atoms with Crippen LogP contribution in [0.25, 0.3) is 0 Å². The number of amides is 1. The van der Waals surface area contributed by atoms with Crippen LogP contribution in [0.1, 0.15) is 16.8 Å². The van der Waals surface area contributed by atoms with Crippen molar-refractivity contribution in [3.8, 4) is 6.07 Å². The molecule has 1 aromatic heterocycles. The molecule has 1 aromatic carbocycles. The average molecular weight is 377 g/mol. The predicted molar refractivity (Wildman–Crippen MR) is 95.9 cm³/mol. The highest BCUT2D eigenvalue weighted by Crippen LogP contribution is 2.28. The van der Waals surface area contributed by atoms with Crippen molar-refractivity contribution in [3.05, 3.63) is 56.2 Å². The first-order valence-corrected chi connectivity index (χ1v) is 8.43. The van der Waals surface area contributed by atoms with Gasteiger partial charge in [0.2, 0.25) is 5.91 Å². The fraction of sp³-hybridized carbons (Fsp3) is 0.188. The van der Waals surface area contributed by atoms with Gasteiger partial charge in [0.15, 0.2) is 0 Å². The van der Waals surface area contributed by atoms with Crippen molar-refractivity contribution >= 4 is 40.6 Å². The number of nitrogens with zero attached hydrogens (tertiary/aromatic N) is 3. The number of aromatic nitrogens is 1. The molecule has 25 heavy (non-hydrogen) atoms. The monoisotopic (exact) mass is 376 g/mol. The molecule has 9 heteroatoms. The van der Waals surface area contributed by atoms with Gasteiger partial charge < -0.3 is 5.32 Å². The minimum Gasteiger partial charge on any atom is -0.324 e. The number of benzene rings is 1. The van der Waals surface area contributed by atoms with E-state index in [0.717, 1.165) is 23.0 Å². The SMILES string of the molecule is Cc1cc(C)c(C#N)c(SCC(=O)Nc2cc([N+](=O)[O-])ccc2Cl)n1. The Morgan fingerprint density at radius 3 is 2.80 bits per heavy atom. The highest BCUT2D eigenvalue weighted by molar-refractivity contribution is 8.00. The number of thioether (sulfide) groups is 1. The summed E-state index contributed by atoms with van der Waals surface area (Å²) < 4.78 is 0. The number of rotatable bonds is 5. The molecular formula is C16H13ClN4O3S. The maximum atomic E-state index is 12.1. The number of non-ortho nitro benzene ring substituents is 1. The fourth-order valence-electron chi connectivity index (χ4n) is 2.09. The van der Waals surface area contributed by atoms with Gasteiger partial charge in [0.05, 0.1) is 26.9 Å². The third-order valence-electron chi connectivity index (χ3n) is 3.20. The summed E-state index contributed by atoms with van der Waals surface area (Å²) in [7, 11) is 0. The quantitative estimate of drug-likeness (QED) is 0.482. The first-order chi connectivity index (χ1) is 11.8. The van der Waals surface area contributed by atoms with Crippen LogP contribution in [0.2, 0.25) is 5.02 Å². The van der Waals surface area contributed by atoms with Gasteiger partial charge in [-0.05, 0) is 31.5 Å². The number of aryl methyl sites for hydroxylation is 2. The molecule has 1 amide bonds. The smallest absolute Gasteiger partial charge is 0.271 e. The van der Waals surface area contributed by atoms with E-state index >= 15 is 0 Å². The zero-order valence-electron chi connectivity index (χ0n) is 13.4. The topological polar surface area (TPSA) is 109 Å². The van der Waals surface area contributed by atoms with Crippen LogP contribution in [-0.2, 0) is 4.79 Å². The second kappa shape index (κ2) is 7.96. The summed E-state index contributed by atoms with van der Waals surface area (Å²) in [4.78, 5) is 26.6. The lowest BCUT2D eigenvalue weighted by atomic mass is 10.1. The maximum absolute atomic E-state index is 12.1. The minimum atomic E-state index is -0.570. The number of hydrogen-bond acceptors (Lipinski definition) is 6. The highest BCUT2D eigenvalue weighted by Gasteiger charge is 2.14. The van der Waals surface area contributed by atoms with Gasteiger partial charge in [-0.15, -0.1) is 0 Å². The number of anilines is 1. The summed E-state index contributed by atoms with van der Waals surface area (Å²) in [6.07, 6.45) is 0. The van der Waals surface area contributed by atoms with Gasteiger partial charge >= 0.3 is 0 Å². The molecule has 2 aromatic rings. The van der Waals surface area contributed by atoms with E-state index in [1.807, 2.05) is 0 Å². The summed E-state index contributed by atoms with van der Waals surface area (Å²) in [5.74, 6) is -0.416. The Kier molecular flexibility index (Phi) is 5.96. The van der Waals surface area contributed by atoms with Crippen LogP contribution in [0, 0.1) is 35.3 Å². The molecule has 1 N–H and O–H groups in total. The fourth-order valence-corrected chi connectivity index (χ4v) is 3.15. The molecule has 0 aliphatic carbocycles. The van der Waals surface area contributed by atoms with Crippen LogP contribution in [-0.4, -0.2) is 21.6 Å². The molecule has 0 radical (unpaired) electrons. The van der Waals surface area contributed by atoms with Gasteiger partial charge in [0, 0.05) is 17.8 Å². The van der Waals surface area contributed by atoms with Gasteiger partial charge in [-0.25, -0.2) is 4.98 Å². The summed E-state index contributed by atoms with van der Waals surface area (Å²) in [5, 5.41) is 23.2. The van der Waals surface area contributed by atoms with Gasteiger partial charge in [-0.3, -0.25) is 14.9 Å². The Morgan fingerprint density at radius 1 is 1.44 bits per heavy atom. The number of halogens is 1. The number of carbonyl (C=O) groups excluding carboxylic acids is 1. The van der Waals surface area contributed by atoms with Crippen LogP contribution in [0.4, 0.5) is 11.4 Å². The Bertz CT molecular complexity index is 896. The Labute approximate surface area is 153 Å². The molecule has 0 spiro atoms. The standard InChI is InChI=1S/C16H13ClN4O3S/c1-9-5-10(2)19-16(12(9)7-18)25-8-15(22)20-14-6-11(21(23)24)3-4-13(14)17/h3-6H,8H2,1-2H3,(H,20,22). The lowest BCUT2D eigenvalue weighted by molar-refractivity contribution is -0.384. The molecule has 0 aliphatic heterocycles. The van der Waals surface area contributed by atoms with Gasteiger partial charge in [0.25, 0.3) is 5.69 Å². The number of nitro groups is 1. The molecule has 0 saturated carbocycles. The van der Waals surface area contributed by atoms with Crippen molar-refractivity contribution in [2.24, 2.45) is 0 Å². The van der Waals surface area contributed by atoms with E-state index in [2.05, 4.69) is 16.4 Å². The lowest BCUT2D eigenvalue weighted by Crippen LogP contribution is -2.15. The second-order valence-corrected chi connectivity index (χ2v) is 6.50. The third kappa shape index (κ3) is 4.68. The summed E-state index contributed by atoms with van der Waals surface area (Å²) >= 11 is 7.07. The van der Waals surface area contributed by atoms with E-state index in [1.165, 1.54) is 18.2 Å². The van der Waals surface area contributed by atoms with E-state index in [1.54, 1.807) is 19.9 Å². The number of carbonyl (C=O) groups is 1. The normalized spacial score (nSPS) is 10.2. The third-order valence-corrected chi connectivity index (χ3v) is 4.50. The van der Waals surface area contributed by atoms with Gasteiger partial charge in [0.1, 0.15) is 11.1 Å². The predicted octanol–water partition coefficient (Wildman–Crippen LogP) is 3.86. The molecule has 128 valence electrons. The zero-order chi connectivity index (χ0) is 18.6. The van der Waals surface area contributed by atoms with Crippen molar-refractivity contribution in [3.63, 3.8) is 0 Å². The second-order valence-electron chi connectivity index (χ2n) is 5.13. The Balaban J connectivity index is 2.11. The van der Waals surface area contributed by atoms with E-state index in [-0.39, 0.29) is 22.2 Å². The lowest BCUT2D eigenvalue weighted by Gasteiger charge is -2.09. The van der Waals surface area contributed by atoms with Crippen molar-refractivity contribution in [1.82, 2.24) is 4.98 Å². The number of nitro benzene ring substituents is 1. The highest BCUT2D eigenvalue weighted by atomic mass is 35.5. The van der Waals surface area contributed by atoms with Crippen LogP contribution in [0.3, 0.4) is 0 Å². The molecular weight excluding hydrogens is 364 g/mol. The molecule has 0 unspecified atom stereocenters. The molecule has 2 rings (SSSR count). The summed E-state index contributed by atoms with van der Waals surface area (Å²) in [6, 6.07) is 7.68. The molecule has 0 bridgehead atoms. The largest absolute Gasteiger partial charge is 0.324 e.